The van der Waals surface area contributed by atoms with Crippen molar-refractivity contribution in [3.63, 3.8) is 0 Å². The van der Waals surface area contributed by atoms with E-state index >= 15 is 0 Å². The molecule has 0 aliphatic heterocycles. The van der Waals surface area contributed by atoms with Crippen LogP contribution in [-0.2, 0) is 16.6 Å². The van der Waals surface area contributed by atoms with Crippen molar-refractivity contribution >= 4 is 15.9 Å². The molecule has 96 valence electrons. The van der Waals surface area contributed by atoms with Gasteiger partial charge in [0, 0.05) is 19.8 Å². The van der Waals surface area contributed by atoms with Gasteiger partial charge in [-0.1, -0.05) is 26.0 Å². The predicted octanol–water partition coefficient (Wildman–Crippen LogP) is 2.10. The molecular weight excluding hydrogens is 236 g/mol. The quantitative estimate of drug-likeness (QED) is 0.877. The minimum absolute atomic E-state index is 0.589. The van der Waals surface area contributed by atoms with Gasteiger partial charge in [-0.2, -0.15) is 12.7 Å². The van der Waals surface area contributed by atoms with Crippen molar-refractivity contribution in [2.45, 2.75) is 20.3 Å². The van der Waals surface area contributed by atoms with E-state index in [1.165, 1.54) is 19.7 Å². The van der Waals surface area contributed by atoms with Crippen LogP contribution in [0.5, 0.6) is 0 Å². The third-order valence-corrected chi connectivity index (χ3v) is 3.78. The molecule has 0 saturated heterocycles. The Kier molecular flexibility index (Phi) is 4.54. The van der Waals surface area contributed by atoms with Gasteiger partial charge in [-0.05, 0) is 30.0 Å². The van der Waals surface area contributed by atoms with Crippen LogP contribution in [0.25, 0.3) is 0 Å². The number of anilines is 1. The first-order valence-corrected chi connectivity index (χ1v) is 7.04. The van der Waals surface area contributed by atoms with Crippen molar-refractivity contribution in [3.05, 3.63) is 29.8 Å². The summed E-state index contributed by atoms with van der Waals surface area (Å²) in [5.74, 6) is 0.597. The number of rotatable bonds is 5. The first-order valence-electron chi connectivity index (χ1n) is 5.60. The Balaban J connectivity index is 2.76. The second kappa shape index (κ2) is 5.51. The summed E-state index contributed by atoms with van der Waals surface area (Å²) < 4.78 is 26.8. The highest BCUT2D eigenvalue weighted by atomic mass is 32.2. The van der Waals surface area contributed by atoms with Crippen LogP contribution in [-0.4, -0.2) is 26.8 Å². The molecule has 0 heterocycles. The zero-order valence-corrected chi connectivity index (χ0v) is 11.6. The molecule has 5 heteroatoms. The second-order valence-electron chi connectivity index (χ2n) is 4.68. The normalized spacial score (nSPS) is 12.1. The zero-order valence-electron chi connectivity index (χ0n) is 10.8. The summed E-state index contributed by atoms with van der Waals surface area (Å²) in [7, 11) is -0.413. The minimum atomic E-state index is -3.40. The van der Waals surface area contributed by atoms with E-state index in [1.54, 1.807) is 12.1 Å². The van der Waals surface area contributed by atoms with Crippen LogP contribution in [0.2, 0.25) is 0 Å². The van der Waals surface area contributed by atoms with Crippen LogP contribution in [0.1, 0.15) is 19.4 Å². The van der Waals surface area contributed by atoms with E-state index in [4.69, 9.17) is 0 Å². The van der Waals surface area contributed by atoms with Crippen molar-refractivity contribution in [3.8, 4) is 0 Å². The molecule has 4 nitrogen and oxygen atoms in total. The zero-order chi connectivity index (χ0) is 13.1. The highest BCUT2D eigenvalue weighted by Crippen LogP contribution is 2.14. The summed E-state index contributed by atoms with van der Waals surface area (Å²) in [5, 5.41) is 0. The van der Waals surface area contributed by atoms with Crippen LogP contribution < -0.4 is 4.72 Å². The number of nitrogens with one attached hydrogen (secondary N) is 1. The van der Waals surface area contributed by atoms with E-state index in [9.17, 15) is 8.42 Å². The summed E-state index contributed by atoms with van der Waals surface area (Å²) in [6, 6.07) is 7.48. The molecule has 0 atom stereocenters. The molecule has 0 radical (unpaired) electrons. The number of benzene rings is 1. The largest absolute Gasteiger partial charge is 0.301 e. The van der Waals surface area contributed by atoms with Gasteiger partial charge in [-0.25, -0.2) is 0 Å². The van der Waals surface area contributed by atoms with Gasteiger partial charge in [0.05, 0.1) is 0 Å². The van der Waals surface area contributed by atoms with Crippen LogP contribution in [0, 0.1) is 5.92 Å². The van der Waals surface area contributed by atoms with Crippen LogP contribution in [0.15, 0.2) is 24.3 Å². The van der Waals surface area contributed by atoms with Crippen molar-refractivity contribution in [1.82, 2.24) is 4.31 Å². The molecule has 0 aliphatic carbocycles. The second-order valence-corrected chi connectivity index (χ2v) is 6.57. The first-order chi connectivity index (χ1) is 7.81. The van der Waals surface area contributed by atoms with Crippen molar-refractivity contribution in [2.24, 2.45) is 5.92 Å². The van der Waals surface area contributed by atoms with Crippen molar-refractivity contribution in [1.29, 1.82) is 0 Å². The highest BCUT2D eigenvalue weighted by Gasteiger charge is 2.12. The van der Waals surface area contributed by atoms with Gasteiger partial charge in [0.2, 0.25) is 0 Å². The van der Waals surface area contributed by atoms with Gasteiger partial charge in [-0.15, -0.1) is 0 Å². The van der Waals surface area contributed by atoms with Gasteiger partial charge < -0.3 is 0 Å². The van der Waals surface area contributed by atoms with E-state index in [0.29, 0.717) is 11.6 Å². The van der Waals surface area contributed by atoms with Gasteiger partial charge in [0.1, 0.15) is 0 Å². The van der Waals surface area contributed by atoms with Crippen LogP contribution in [0.3, 0.4) is 0 Å². The number of hydrogen-bond donors (Lipinski definition) is 1. The lowest BCUT2D eigenvalue weighted by atomic mass is 10.0. The molecule has 0 amide bonds. The molecule has 17 heavy (non-hydrogen) atoms. The molecule has 0 aliphatic rings. The maximum absolute atomic E-state index is 11.6. The molecule has 1 rings (SSSR count). The van der Waals surface area contributed by atoms with Gasteiger partial charge >= 0.3 is 10.2 Å². The Morgan fingerprint density at radius 2 is 1.71 bits per heavy atom. The molecule has 0 unspecified atom stereocenters. The van der Waals surface area contributed by atoms with E-state index in [0.717, 1.165) is 10.7 Å². The first kappa shape index (κ1) is 14.0. The molecule has 1 N–H and O–H groups in total. The predicted molar refractivity (Wildman–Crippen MR) is 71.2 cm³/mol. The van der Waals surface area contributed by atoms with E-state index in [2.05, 4.69) is 18.6 Å². The summed E-state index contributed by atoms with van der Waals surface area (Å²) in [4.78, 5) is 0. The summed E-state index contributed by atoms with van der Waals surface area (Å²) in [6.45, 7) is 4.31. The lowest BCUT2D eigenvalue weighted by Gasteiger charge is -2.13. The Hall–Kier alpha value is -1.07. The summed E-state index contributed by atoms with van der Waals surface area (Å²) in [6.07, 6.45) is 1.00. The number of nitrogens with zero attached hydrogens (tertiary/aromatic N) is 1. The van der Waals surface area contributed by atoms with Crippen molar-refractivity contribution in [2.75, 3.05) is 18.8 Å². The SMILES string of the molecule is CC(C)Cc1ccc(NS(=O)(=O)N(C)C)cc1. The number of hydrogen-bond acceptors (Lipinski definition) is 2. The standard InChI is InChI=1S/C12H20N2O2S/c1-10(2)9-11-5-7-12(8-6-11)13-17(15,16)14(3)4/h5-8,10,13H,9H2,1-4H3. The van der Waals surface area contributed by atoms with Gasteiger partial charge in [0.15, 0.2) is 0 Å². The molecule has 0 saturated carbocycles. The monoisotopic (exact) mass is 256 g/mol. The fraction of sp³-hybridized carbons (Fsp3) is 0.500. The van der Waals surface area contributed by atoms with Gasteiger partial charge in [0.25, 0.3) is 0 Å². The molecule has 1 aromatic rings. The third-order valence-electron chi connectivity index (χ3n) is 2.33. The smallest absolute Gasteiger partial charge is 0.271 e. The molecule has 0 fully saturated rings. The highest BCUT2D eigenvalue weighted by molar-refractivity contribution is 7.90. The topological polar surface area (TPSA) is 49.4 Å². The molecule has 0 aromatic heterocycles. The molecule has 0 spiro atoms. The third kappa shape index (κ3) is 4.36. The molecule has 0 bridgehead atoms. The lowest BCUT2D eigenvalue weighted by Crippen LogP contribution is -2.28. The molecular formula is C12H20N2O2S. The van der Waals surface area contributed by atoms with E-state index < -0.39 is 10.2 Å². The Labute approximate surface area is 104 Å². The average Bonchev–Trinajstić information content (AvgIpc) is 2.19. The van der Waals surface area contributed by atoms with E-state index in [-0.39, 0.29) is 0 Å². The average molecular weight is 256 g/mol. The van der Waals surface area contributed by atoms with Gasteiger partial charge in [-0.3, -0.25) is 4.72 Å². The fourth-order valence-electron chi connectivity index (χ4n) is 1.42. The minimum Gasteiger partial charge on any atom is -0.271 e. The maximum atomic E-state index is 11.6. The molecule has 1 aromatic carbocycles. The van der Waals surface area contributed by atoms with Crippen molar-refractivity contribution < 1.29 is 8.42 Å². The van der Waals surface area contributed by atoms with Crippen LogP contribution in [0.4, 0.5) is 5.69 Å². The summed E-state index contributed by atoms with van der Waals surface area (Å²) in [5.41, 5.74) is 1.80. The maximum Gasteiger partial charge on any atom is 0.301 e. The Morgan fingerprint density at radius 1 is 1.18 bits per heavy atom. The summed E-state index contributed by atoms with van der Waals surface area (Å²) >= 11 is 0. The van der Waals surface area contributed by atoms with E-state index in [1.807, 2.05) is 12.1 Å². The fourth-order valence-corrected chi connectivity index (χ4v) is 2.04. The van der Waals surface area contributed by atoms with Crippen LogP contribution >= 0.6 is 0 Å². The Bertz CT molecular complexity index is 450. The lowest BCUT2D eigenvalue weighted by molar-refractivity contribution is 0.527. The Morgan fingerprint density at radius 3 is 2.12 bits per heavy atom.